The number of likely N-dealkylation sites (tertiary alicyclic amines) is 1. The van der Waals surface area contributed by atoms with Crippen molar-refractivity contribution in [1.29, 1.82) is 0 Å². The fraction of sp³-hybridized carbons (Fsp3) is 0.867. The van der Waals surface area contributed by atoms with Crippen molar-refractivity contribution >= 4 is 23.6 Å². The Bertz CT molecular complexity index is 381. The number of carbonyl (C=O) groups excluding carboxylic acids is 1. The Morgan fingerprint density at radius 3 is 2.52 bits per heavy atom. The van der Waals surface area contributed by atoms with Crippen molar-refractivity contribution in [3.05, 3.63) is 0 Å². The molecule has 2 saturated heterocycles. The van der Waals surface area contributed by atoms with Gasteiger partial charge >= 0.3 is 5.97 Å². The number of piperidine rings is 1. The van der Waals surface area contributed by atoms with Crippen molar-refractivity contribution in [3.63, 3.8) is 0 Å². The minimum absolute atomic E-state index is 0.00941. The molecule has 2 rings (SSSR count). The molecule has 2 fully saturated rings. The maximum Gasteiger partial charge on any atom is 0.304 e. The first kappa shape index (κ1) is 16.6. The number of thioether (sulfide) groups is 1. The van der Waals surface area contributed by atoms with Crippen molar-refractivity contribution in [2.75, 3.05) is 37.7 Å². The summed E-state index contributed by atoms with van der Waals surface area (Å²) in [6.07, 6.45) is 1.32. The molecule has 1 N–H and O–H groups in total. The van der Waals surface area contributed by atoms with Crippen LogP contribution in [0.15, 0.2) is 0 Å². The minimum atomic E-state index is -0.778. The zero-order valence-corrected chi connectivity index (χ0v) is 13.8. The summed E-state index contributed by atoms with van der Waals surface area (Å²) in [7, 11) is 0. The molecule has 120 valence electrons. The Labute approximate surface area is 131 Å². The number of nitrogens with zero attached hydrogens (tertiary/aromatic N) is 2. The second kappa shape index (κ2) is 7.49. The number of carboxylic acid groups (broad SMARTS) is 1. The van der Waals surface area contributed by atoms with E-state index in [1.807, 2.05) is 4.90 Å². The molecule has 2 aliphatic rings. The van der Waals surface area contributed by atoms with Crippen LogP contribution in [-0.4, -0.2) is 70.5 Å². The van der Waals surface area contributed by atoms with E-state index in [1.165, 1.54) is 6.42 Å². The van der Waals surface area contributed by atoms with E-state index in [0.717, 1.165) is 31.1 Å². The third kappa shape index (κ3) is 4.88. The first-order valence-electron chi connectivity index (χ1n) is 7.77. The molecule has 0 radical (unpaired) electrons. The van der Waals surface area contributed by atoms with Crippen molar-refractivity contribution in [1.82, 2.24) is 9.80 Å². The van der Waals surface area contributed by atoms with Crippen LogP contribution in [0.1, 0.15) is 26.7 Å². The SMILES string of the molecule is CC1CC(C)CN(C(=O)CN2CCSCC2CC(=O)O)C1. The van der Waals surface area contributed by atoms with Crippen LogP contribution < -0.4 is 0 Å². The number of aliphatic carboxylic acids is 1. The number of amides is 1. The van der Waals surface area contributed by atoms with Gasteiger partial charge in [0.25, 0.3) is 0 Å². The standard InChI is InChI=1S/C15H26N2O3S/c1-11-5-12(2)8-17(7-11)14(18)9-16-3-4-21-10-13(16)6-15(19)20/h11-13H,3-10H2,1-2H3,(H,19,20). The van der Waals surface area contributed by atoms with E-state index in [0.29, 0.717) is 18.4 Å². The lowest BCUT2D eigenvalue weighted by Crippen LogP contribution is -2.51. The van der Waals surface area contributed by atoms with Gasteiger partial charge in [0.1, 0.15) is 0 Å². The summed E-state index contributed by atoms with van der Waals surface area (Å²) in [5.74, 6) is 2.30. The number of hydrogen-bond acceptors (Lipinski definition) is 4. The van der Waals surface area contributed by atoms with Crippen LogP contribution in [0.3, 0.4) is 0 Å². The van der Waals surface area contributed by atoms with Crippen LogP contribution in [0.2, 0.25) is 0 Å². The summed E-state index contributed by atoms with van der Waals surface area (Å²) in [5, 5.41) is 9.00. The predicted molar refractivity (Wildman–Crippen MR) is 84.5 cm³/mol. The van der Waals surface area contributed by atoms with Gasteiger partial charge in [0, 0.05) is 37.2 Å². The van der Waals surface area contributed by atoms with Gasteiger partial charge in [-0.15, -0.1) is 0 Å². The van der Waals surface area contributed by atoms with Crippen LogP contribution >= 0.6 is 11.8 Å². The Kier molecular flexibility index (Phi) is 5.93. The highest BCUT2D eigenvalue weighted by Gasteiger charge is 2.30. The van der Waals surface area contributed by atoms with Crippen LogP contribution in [0.5, 0.6) is 0 Å². The van der Waals surface area contributed by atoms with Crippen LogP contribution in [0.4, 0.5) is 0 Å². The molecule has 1 amide bonds. The van der Waals surface area contributed by atoms with E-state index in [9.17, 15) is 9.59 Å². The van der Waals surface area contributed by atoms with E-state index in [-0.39, 0.29) is 18.4 Å². The van der Waals surface area contributed by atoms with Crippen LogP contribution in [-0.2, 0) is 9.59 Å². The second-order valence-corrected chi connectivity index (χ2v) is 7.69. The van der Waals surface area contributed by atoms with Gasteiger partial charge < -0.3 is 10.0 Å². The number of carbonyl (C=O) groups is 2. The van der Waals surface area contributed by atoms with Gasteiger partial charge in [-0.1, -0.05) is 13.8 Å². The highest BCUT2D eigenvalue weighted by molar-refractivity contribution is 7.99. The average Bonchev–Trinajstić information content (AvgIpc) is 2.39. The summed E-state index contributed by atoms with van der Waals surface area (Å²) >= 11 is 1.78. The molecule has 0 aliphatic carbocycles. The normalized spacial score (nSPS) is 31.1. The van der Waals surface area contributed by atoms with Crippen molar-refractivity contribution in [2.24, 2.45) is 11.8 Å². The molecule has 0 saturated carbocycles. The molecule has 0 bridgehead atoms. The van der Waals surface area contributed by atoms with E-state index in [4.69, 9.17) is 5.11 Å². The Morgan fingerprint density at radius 1 is 1.24 bits per heavy atom. The fourth-order valence-electron chi connectivity index (χ4n) is 3.43. The van der Waals surface area contributed by atoms with Crippen LogP contribution in [0, 0.1) is 11.8 Å². The van der Waals surface area contributed by atoms with E-state index < -0.39 is 5.97 Å². The second-order valence-electron chi connectivity index (χ2n) is 6.54. The third-order valence-corrected chi connectivity index (χ3v) is 5.41. The maximum atomic E-state index is 12.5. The number of rotatable bonds is 4. The number of hydrogen-bond donors (Lipinski definition) is 1. The zero-order chi connectivity index (χ0) is 15.4. The van der Waals surface area contributed by atoms with Crippen molar-refractivity contribution in [2.45, 2.75) is 32.7 Å². The first-order chi connectivity index (χ1) is 9.95. The average molecular weight is 314 g/mol. The van der Waals surface area contributed by atoms with Gasteiger partial charge in [-0.25, -0.2) is 0 Å². The molecule has 2 aliphatic heterocycles. The lowest BCUT2D eigenvalue weighted by atomic mass is 9.92. The first-order valence-corrected chi connectivity index (χ1v) is 8.92. The van der Waals surface area contributed by atoms with Gasteiger partial charge in [-0.05, 0) is 18.3 Å². The predicted octanol–water partition coefficient (Wildman–Crippen LogP) is 1.38. The highest BCUT2D eigenvalue weighted by Crippen LogP contribution is 2.23. The monoisotopic (exact) mass is 314 g/mol. The molecule has 0 spiro atoms. The van der Waals surface area contributed by atoms with Gasteiger partial charge in [-0.3, -0.25) is 14.5 Å². The van der Waals surface area contributed by atoms with Gasteiger partial charge in [0.15, 0.2) is 0 Å². The fourth-order valence-corrected chi connectivity index (χ4v) is 4.56. The summed E-state index contributed by atoms with van der Waals surface area (Å²) in [6.45, 7) is 7.26. The van der Waals surface area contributed by atoms with Gasteiger partial charge in [0.2, 0.25) is 5.91 Å². The smallest absolute Gasteiger partial charge is 0.304 e. The van der Waals surface area contributed by atoms with Crippen molar-refractivity contribution in [3.8, 4) is 0 Å². The minimum Gasteiger partial charge on any atom is -0.481 e. The molecule has 3 unspecified atom stereocenters. The lowest BCUT2D eigenvalue weighted by Gasteiger charge is -2.39. The molecule has 0 aromatic carbocycles. The summed E-state index contributed by atoms with van der Waals surface area (Å²) < 4.78 is 0. The van der Waals surface area contributed by atoms with Crippen molar-refractivity contribution < 1.29 is 14.7 Å². The highest BCUT2D eigenvalue weighted by atomic mass is 32.2. The van der Waals surface area contributed by atoms with E-state index in [2.05, 4.69) is 18.7 Å². The Morgan fingerprint density at radius 2 is 1.90 bits per heavy atom. The van der Waals surface area contributed by atoms with E-state index >= 15 is 0 Å². The summed E-state index contributed by atoms with van der Waals surface area (Å²) in [4.78, 5) is 27.5. The summed E-state index contributed by atoms with van der Waals surface area (Å²) in [6, 6.07) is -0.00941. The lowest BCUT2D eigenvalue weighted by molar-refractivity contribution is -0.140. The quantitative estimate of drug-likeness (QED) is 0.849. The van der Waals surface area contributed by atoms with Crippen LogP contribution in [0.25, 0.3) is 0 Å². The third-order valence-electron chi connectivity index (χ3n) is 4.32. The molecule has 2 heterocycles. The van der Waals surface area contributed by atoms with Gasteiger partial charge in [0.05, 0.1) is 13.0 Å². The van der Waals surface area contributed by atoms with E-state index in [1.54, 1.807) is 11.8 Å². The molecule has 21 heavy (non-hydrogen) atoms. The zero-order valence-electron chi connectivity index (χ0n) is 13.0. The van der Waals surface area contributed by atoms with Gasteiger partial charge in [-0.2, -0.15) is 11.8 Å². The number of carboxylic acids is 1. The Hall–Kier alpha value is -0.750. The topological polar surface area (TPSA) is 60.9 Å². The maximum absolute atomic E-state index is 12.5. The molecule has 3 atom stereocenters. The summed E-state index contributed by atoms with van der Waals surface area (Å²) in [5.41, 5.74) is 0. The molecule has 6 heteroatoms. The molecular formula is C15H26N2O3S. The molecule has 0 aromatic heterocycles. The Balaban J connectivity index is 1.91. The largest absolute Gasteiger partial charge is 0.481 e. The molecular weight excluding hydrogens is 288 g/mol. The molecule has 5 nitrogen and oxygen atoms in total. The molecule has 0 aromatic rings.